The van der Waals surface area contributed by atoms with Crippen LogP contribution in [0.4, 0.5) is 0 Å². The molecular formula is C17H20ClNO. The molecule has 0 fully saturated rings. The normalized spacial score (nSPS) is 10.9. The van der Waals surface area contributed by atoms with E-state index in [1.54, 1.807) is 0 Å². The summed E-state index contributed by atoms with van der Waals surface area (Å²) in [6.07, 6.45) is 0. The van der Waals surface area contributed by atoms with E-state index in [0.29, 0.717) is 17.5 Å². The van der Waals surface area contributed by atoms with E-state index in [-0.39, 0.29) is 0 Å². The average molecular weight is 290 g/mol. The molecule has 0 radical (unpaired) electrons. The van der Waals surface area contributed by atoms with Crippen molar-refractivity contribution >= 4 is 11.6 Å². The summed E-state index contributed by atoms with van der Waals surface area (Å²) in [4.78, 5) is 0. The second-order valence-corrected chi connectivity index (χ2v) is 5.67. The van der Waals surface area contributed by atoms with Gasteiger partial charge in [-0.25, -0.2) is 0 Å². The van der Waals surface area contributed by atoms with Gasteiger partial charge in [0.15, 0.2) is 0 Å². The van der Waals surface area contributed by atoms with E-state index < -0.39 is 0 Å². The molecule has 0 saturated heterocycles. The van der Waals surface area contributed by atoms with Gasteiger partial charge in [0.1, 0.15) is 11.5 Å². The zero-order chi connectivity index (χ0) is 14.7. The van der Waals surface area contributed by atoms with E-state index in [2.05, 4.69) is 32.0 Å². The van der Waals surface area contributed by atoms with Crippen molar-refractivity contribution in [2.75, 3.05) is 0 Å². The summed E-state index contributed by atoms with van der Waals surface area (Å²) in [6, 6.07) is 11.8. The maximum absolute atomic E-state index is 6.04. The quantitative estimate of drug-likeness (QED) is 0.857. The first-order valence-electron chi connectivity index (χ1n) is 6.78. The molecule has 2 N–H and O–H groups in total. The lowest BCUT2D eigenvalue weighted by Gasteiger charge is -2.15. The van der Waals surface area contributed by atoms with Gasteiger partial charge < -0.3 is 10.5 Å². The van der Waals surface area contributed by atoms with E-state index in [1.807, 2.05) is 25.1 Å². The molecule has 0 atom stereocenters. The summed E-state index contributed by atoms with van der Waals surface area (Å²) in [6.45, 7) is 6.79. The van der Waals surface area contributed by atoms with Gasteiger partial charge in [0.05, 0.1) is 0 Å². The molecule has 20 heavy (non-hydrogen) atoms. The molecule has 0 heterocycles. The molecule has 106 valence electrons. The number of halogens is 1. The van der Waals surface area contributed by atoms with Crippen molar-refractivity contribution < 1.29 is 4.74 Å². The summed E-state index contributed by atoms with van der Waals surface area (Å²) in [7, 11) is 0. The molecule has 2 aromatic carbocycles. The molecule has 0 aliphatic heterocycles. The first-order valence-corrected chi connectivity index (χ1v) is 7.16. The summed E-state index contributed by atoms with van der Waals surface area (Å²) in [5, 5.41) is 0.648. The maximum Gasteiger partial charge on any atom is 0.133 e. The smallest absolute Gasteiger partial charge is 0.133 e. The predicted octanol–water partition coefficient (Wildman–Crippen LogP) is 5.02. The number of rotatable bonds is 4. The zero-order valence-electron chi connectivity index (χ0n) is 12.1. The number of hydrogen-bond donors (Lipinski definition) is 1. The van der Waals surface area contributed by atoms with Crippen LogP contribution in [0.5, 0.6) is 11.5 Å². The molecule has 2 aromatic rings. The third-order valence-corrected chi connectivity index (χ3v) is 3.58. The summed E-state index contributed by atoms with van der Waals surface area (Å²) in [5.74, 6) is 2.04. The largest absolute Gasteiger partial charge is 0.457 e. The van der Waals surface area contributed by atoms with Crippen molar-refractivity contribution in [3.63, 3.8) is 0 Å². The lowest BCUT2D eigenvalue weighted by Crippen LogP contribution is -2.00. The first-order chi connectivity index (χ1) is 9.51. The fourth-order valence-electron chi connectivity index (χ4n) is 2.00. The van der Waals surface area contributed by atoms with Crippen LogP contribution in [0.3, 0.4) is 0 Å². The third-order valence-electron chi connectivity index (χ3n) is 3.35. The Bertz CT molecular complexity index is 608. The van der Waals surface area contributed by atoms with Crippen LogP contribution in [0.1, 0.15) is 36.5 Å². The number of nitrogens with two attached hydrogens (primary N) is 1. The molecule has 0 amide bonds. The Morgan fingerprint density at radius 1 is 1.10 bits per heavy atom. The highest BCUT2D eigenvalue weighted by molar-refractivity contribution is 6.30. The van der Waals surface area contributed by atoms with Crippen molar-refractivity contribution in [2.45, 2.75) is 33.2 Å². The predicted molar refractivity (Wildman–Crippen MR) is 84.7 cm³/mol. The van der Waals surface area contributed by atoms with Crippen LogP contribution in [0, 0.1) is 6.92 Å². The zero-order valence-corrected chi connectivity index (χ0v) is 12.9. The highest BCUT2D eigenvalue weighted by Crippen LogP contribution is 2.32. The highest BCUT2D eigenvalue weighted by Gasteiger charge is 2.09. The first kappa shape index (κ1) is 14.9. The van der Waals surface area contributed by atoms with Gasteiger partial charge in [-0.05, 0) is 42.2 Å². The summed E-state index contributed by atoms with van der Waals surface area (Å²) < 4.78 is 6.04. The van der Waals surface area contributed by atoms with Crippen LogP contribution >= 0.6 is 11.6 Å². The lowest BCUT2D eigenvalue weighted by molar-refractivity contribution is 0.471. The van der Waals surface area contributed by atoms with Crippen molar-refractivity contribution in [3.05, 3.63) is 58.1 Å². The van der Waals surface area contributed by atoms with Gasteiger partial charge in [-0.15, -0.1) is 0 Å². The Hall–Kier alpha value is -1.51. The Kier molecular flexibility index (Phi) is 4.69. The minimum absolute atomic E-state index is 0.426. The van der Waals surface area contributed by atoms with Crippen LogP contribution in [0.2, 0.25) is 5.02 Å². The molecule has 0 aliphatic carbocycles. The third kappa shape index (κ3) is 3.33. The Morgan fingerprint density at radius 3 is 2.50 bits per heavy atom. The van der Waals surface area contributed by atoms with Crippen LogP contribution in [-0.2, 0) is 6.54 Å². The van der Waals surface area contributed by atoms with Crippen molar-refractivity contribution in [1.29, 1.82) is 0 Å². The fraction of sp³-hybridized carbons (Fsp3) is 0.294. The van der Waals surface area contributed by atoms with Gasteiger partial charge in [0, 0.05) is 17.1 Å². The van der Waals surface area contributed by atoms with Crippen molar-refractivity contribution in [3.8, 4) is 11.5 Å². The van der Waals surface area contributed by atoms with Gasteiger partial charge in [-0.2, -0.15) is 0 Å². The molecule has 0 unspecified atom stereocenters. The van der Waals surface area contributed by atoms with Crippen LogP contribution < -0.4 is 10.5 Å². The molecule has 2 rings (SSSR count). The van der Waals surface area contributed by atoms with Crippen molar-refractivity contribution in [2.24, 2.45) is 5.73 Å². The van der Waals surface area contributed by atoms with Gasteiger partial charge in [-0.1, -0.05) is 43.6 Å². The summed E-state index contributed by atoms with van der Waals surface area (Å²) in [5.41, 5.74) is 9.04. The van der Waals surface area contributed by atoms with Gasteiger partial charge in [-0.3, -0.25) is 0 Å². The minimum Gasteiger partial charge on any atom is -0.457 e. The lowest BCUT2D eigenvalue weighted by atomic mass is 10.0. The second kappa shape index (κ2) is 6.29. The topological polar surface area (TPSA) is 35.2 Å². The van der Waals surface area contributed by atoms with E-state index in [9.17, 15) is 0 Å². The number of ether oxygens (including phenoxy) is 1. The van der Waals surface area contributed by atoms with E-state index in [4.69, 9.17) is 22.1 Å². The van der Waals surface area contributed by atoms with E-state index >= 15 is 0 Å². The maximum atomic E-state index is 6.04. The molecule has 0 aromatic heterocycles. The SMILES string of the molecule is Cc1ccc(C(C)C)cc1Oc1cc(Cl)ccc1CN. The minimum atomic E-state index is 0.426. The van der Waals surface area contributed by atoms with Gasteiger partial charge in [0.2, 0.25) is 0 Å². The van der Waals surface area contributed by atoms with Gasteiger partial charge in [0.25, 0.3) is 0 Å². The Balaban J connectivity index is 2.39. The summed E-state index contributed by atoms with van der Waals surface area (Å²) >= 11 is 6.04. The molecule has 2 nitrogen and oxygen atoms in total. The molecule has 0 aliphatic rings. The van der Waals surface area contributed by atoms with Crippen LogP contribution in [0.15, 0.2) is 36.4 Å². The van der Waals surface area contributed by atoms with Crippen LogP contribution in [-0.4, -0.2) is 0 Å². The van der Waals surface area contributed by atoms with E-state index in [1.165, 1.54) is 5.56 Å². The number of benzene rings is 2. The Morgan fingerprint density at radius 2 is 1.85 bits per heavy atom. The number of hydrogen-bond acceptors (Lipinski definition) is 2. The van der Waals surface area contributed by atoms with Crippen LogP contribution in [0.25, 0.3) is 0 Å². The fourth-order valence-corrected chi connectivity index (χ4v) is 2.16. The standard InChI is InChI=1S/C17H20ClNO/c1-11(2)13-5-4-12(3)16(8-13)20-17-9-15(18)7-6-14(17)10-19/h4-9,11H,10,19H2,1-3H3. The number of aryl methyl sites for hydroxylation is 1. The highest BCUT2D eigenvalue weighted by atomic mass is 35.5. The molecule has 0 spiro atoms. The van der Waals surface area contributed by atoms with Gasteiger partial charge >= 0.3 is 0 Å². The Labute approximate surface area is 125 Å². The molecule has 0 saturated carbocycles. The second-order valence-electron chi connectivity index (χ2n) is 5.24. The molecular weight excluding hydrogens is 270 g/mol. The molecule has 0 bridgehead atoms. The van der Waals surface area contributed by atoms with Crippen molar-refractivity contribution in [1.82, 2.24) is 0 Å². The van der Waals surface area contributed by atoms with E-state index in [0.717, 1.165) is 22.6 Å². The molecule has 3 heteroatoms. The monoisotopic (exact) mass is 289 g/mol. The average Bonchev–Trinajstić information content (AvgIpc) is 2.41.